The van der Waals surface area contributed by atoms with Crippen molar-refractivity contribution in [1.29, 1.82) is 0 Å². The fourth-order valence-electron chi connectivity index (χ4n) is 2.94. The van der Waals surface area contributed by atoms with Crippen LogP contribution in [0.2, 0.25) is 0 Å². The minimum Gasteiger partial charge on any atom is -0.455 e. The van der Waals surface area contributed by atoms with Gasteiger partial charge in [0.05, 0.1) is 12.5 Å². The second-order valence-corrected chi connectivity index (χ2v) is 6.86. The third kappa shape index (κ3) is 5.55. The van der Waals surface area contributed by atoms with Gasteiger partial charge in [-0.2, -0.15) is 0 Å². The highest BCUT2D eigenvalue weighted by Gasteiger charge is 2.37. The molecule has 28 heavy (non-hydrogen) atoms. The first kappa shape index (κ1) is 21.4. The number of amides is 3. The second kappa shape index (κ2) is 9.87. The topological polar surface area (TPSA) is 105 Å². The Hall–Kier alpha value is -2.90. The molecule has 1 heterocycles. The van der Waals surface area contributed by atoms with Gasteiger partial charge in [0.15, 0.2) is 6.61 Å². The van der Waals surface area contributed by atoms with Gasteiger partial charge in [0.25, 0.3) is 5.91 Å². The van der Waals surface area contributed by atoms with Crippen molar-refractivity contribution in [3.05, 3.63) is 29.3 Å². The summed E-state index contributed by atoms with van der Waals surface area (Å²) in [6, 6.07) is 5.69. The van der Waals surface area contributed by atoms with E-state index in [9.17, 15) is 19.2 Å². The maximum absolute atomic E-state index is 12.3. The van der Waals surface area contributed by atoms with Gasteiger partial charge in [0, 0.05) is 25.2 Å². The monoisotopic (exact) mass is 389 g/mol. The molecule has 3 amide bonds. The van der Waals surface area contributed by atoms with Gasteiger partial charge < -0.3 is 20.3 Å². The summed E-state index contributed by atoms with van der Waals surface area (Å²) < 4.78 is 5.03. The van der Waals surface area contributed by atoms with E-state index in [2.05, 4.69) is 10.6 Å². The molecule has 2 N–H and O–H groups in total. The molecule has 1 fully saturated rings. The third-order valence-electron chi connectivity index (χ3n) is 4.69. The first-order valence-electron chi connectivity index (χ1n) is 9.40. The molecule has 1 atom stereocenters. The minimum absolute atomic E-state index is 0.0489. The van der Waals surface area contributed by atoms with Crippen LogP contribution < -0.4 is 15.5 Å². The molecule has 8 nitrogen and oxygen atoms in total. The Morgan fingerprint density at radius 1 is 1.18 bits per heavy atom. The molecule has 0 bridgehead atoms. The predicted molar refractivity (Wildman–Crippen MR) is 104 cm³/mol. The summed E-state index contributed by atoms with van der Waals surface area (Å²) in [6.45, 7) is 5.94. The third-order valence-corrected chi connectivity index (χ3v) is 4.69. The lowest BCUT2D eigenvalue weighted by molar-refractivity contribution is -0.152. The number of nitrogens with zero attached hydrogens (tertiary/aromatic N) is 1. The molecule has 2 rings (SSSR count). The summed E-state index contributed by atoms with van der Waals surface area (Å²) in [5.41, 5.74) is 2.85. The molecular weight excluding hydrogens is 362 g/mol. The molecule has 0 radical (unpaired) electrons. The lowest BCUT2D eigenvalue weighted by atomic mass is 10.1. The van der Waals surface area contributed by atoms with Crippen molar-refractivity contribution >= 4 is 29.4 Å². The van der Waals surface area contributed by atoms with Gasteiger partial charge in [0.1, 0.15) is 0 Å². The zero-order chi connectivity index (χ0) is 20.7. The van der Waals surface area contributed by atoms with Crippen LogP contribution in [0.15, 0.2) is 18.2 Å². The van der Waals surface area contributed by atoms with Crippen molar-refractivity contribution < 1.29 is 23.9 Å². The van der Waals surface area contributed by atoms with Crippen LogP contribution in [-0.4, -0.2) is 49.9 Å². The number of ether oxygens (including phenoxy) is 1. The minimum atomic E-state index is -0.618. The molecule has 1 aromatic carbocycles. The second-order valence-electron chi connectivity index (χ2n) is 6.86. The van der Waals surface area contributed by atoms with E-state index in [4.69, 9.17) is 4.74 Å². The Balaban J connectivity index is 1.82. The van der Waals surface area contributed by atoms with Crippen LogP contribution in [0.25, 0.3) is 0 Å². The van der Waals surface area contributed by atoms with Gasteiger partial charge in [-0.1, -0.05) is 19.1 Å². The lowest BCUT2D eigenvalue weighted by Gasteiger charge is -2.20. The molecule has 0 saturated carbocycles. The van der Waals surface area contributed by atoms with E-state index in [0.717, 1.165) is 23.2 Å². The van der Waals surface area contributed by atoms with E-state index >= 15 is 0 Å². The van der Waals surface area contributed by atoms with Crippen LogP contribution in [-0.2, 0) is 23.9 Å². The van der Waals surface area contributed by atoms with Crippen molar-refractivity contribution in [2.75, 3.05) is 31.1 Å². The number of benzene rings is 1. The van der Waals surface area contributed by atoms with Crippen LogP contribution in [0.4, 0.5) is 5.69 Å². The first-order chi connectivity index (χ1) is 13.3. The molecule has 152 valence electrons. The zero-order valence-corrected chi connectivity index (χ0v) is 16.5. The SMILES string of the molecule is CCCNC(=O)CNC(=O)COC(=O)[C@@H]1CC(=O)N(c2cccc(C)c2C)C1. The van der Waals surface area contributed by atoms with Gasteiger partial charge in [-0.05, 0) is 37.5 Å². The number of hydrogen-bond acceptors (Lipinski definition) is 5. The smallest absolute Gasteiger partial charge is 0.311 e. The molecule has 1 saturated heterocycles. The standard InChI is InChI=1S/C20H27N3O5/c1-4-8-21-17(24)10-22-18(25)12-28-20(27)15-9-19(26)23(11-15)16-7-5-6-13(2)14(16)3/h5-7,15H,4,8-12H2,1-3H3,(H,21,24)(H,22,25)/t15-/m1/s1. The molecular formula is C20H27N3O5. The Morgan fingerprint density at radius 2 is 1.93 bits per heavy atom. The highest BCUT2D eigenvalue weighted by molar-refractivity contribution is 6.00. The van der Waals surface area contributed by atoms with Crippen LogP contribution in [0.1, 0.15) is 30.9 Å². The quantitative estimate of drug-likeness (QED) is 0.641. The largest absolute Gasteiger partial charge is 0.455 e. The molecule has 1 aliphatic rings. The number of carbonyl (C=O) groups is 4. The molecule has 0 aliphatic carbocycles. The fourth-order valence-corrected chi connectivity index (χ4v) is 2.94. The number of anilines is 1. The summed E-state index contributed by atoms with van der Waals surface area (Å²) in [5.74, 6) is -2.21. The van der Waals surface area contributed by atoms with Crippen LogP contribution in [0.5, 0.6) is 0 Å². The maximum Gasteiger partial charge on any atom is 0.311 e. The number of esters is 1. The highest BCUT2D eigenvalue weighted by Crippen LogP contribution is 2.29. The number of hydrogen-bond donors (Lipinski definition) is 2. The maximum atomic E-state index is 12.3. The van der Waals surface area contributed by atoms with E-state index < -0.39 is 24.4 Å². The Morgan fingerprint density at radius 3 is 2.64 bits per heavy atom. The van der Waals surface area contributed by atoms with Gasteiger partial charge in [-0.15, -0.1) is 0 Å². The van der Waals surface area contributed by atoms with Crippen molar-refractivity contribution in [3.63, 3.8) is 0 Å². The van der Waals surface area contributed by atoms with E-state index in [1.165, 1.54) is 0 Å². The number of nitrogens with one attached hydrogen (secondary N) is 2. The molecule has 0 unspecified atom stereocenters. The zero-order valence-electron chi connectivity index (χ0n) is 16.5. The van der Waals surface area contributed by atoms with E-state index in [1.807, 2.05) is 39.0 Å². The molecule has 1 aromatic rings. The summed E-state index contributed by atoms with van der Waals surface area (Å²) >= 11 is 0. The highest BCUT2D eigenvalue weighted by atomic mass is 16.5. The Kier molecular flexibility index (Phi) is 7.54. The van der Waals surface area contributed by atoms with Crippen molar-refractivity contribution in [2.45, 2.75) is 33.6 Å². The van der Waals surface area contributed by atoms with Crippen molar-refractivity contribution in [2.24, 2.45) is 5.92 Å². The number of rotatable bonds is 8. The van der Waals surface area contributed by atoms with Gasteiger partial charge in [-0.3, -0.25) is 19.2 Å². The van der Waals surface area contributed by atoms with Crippen LogP contribution in [0, 0.1) is 19.8 Å². The average molecular weight is 389 g/mol. The number of aryl methyl sites for hydroxylation is 1. The van der Waals surface area contributed by atoms with Crippen molar-refractivity contribution in [1.82, 2.24) is 10.6 Å². The lowest BCUT2D eigenvalue weighted by Crippen LogP contribution is -2.39. The summed E-state index contributed by atoms with van der Waals surface area (Å²) in [4.78, 5) is 49.3. The Bertz CT molecular complexity index is 762. The van der Waals surface area contributed by atoms with E-state index in [0.29, 0.717) is 6.54 Å². The van der Waals surface area contributed by atoms with Gasteiger partial charge in [0.2, 0.25) is 11.8 Å². The number of carbonyl (C=O) groups excluding carboxylic acids is 4. The Labute approximate surface area is 164 Å². The average Bonchev–Trinajstić information content (AvgIpc) is 3.06. The van der Waals surface area contributed by atoms with Gasteiger partial charge in [-0.25, -0.2) is 0 Å². The van der Waals surface area contributed by atoms with Crippen LogP contribution in [0.3, 0.4) is 0 Å². The summed E-state index contributed by atoms with van der Waals surface area (Å²) in [6.07, 6.45) is 0.851. The molecule has 1 aliphatic heterocycles. The summed E-state index contributed by atoms with van der Waals surface area (Å²) in [7, 11) is 0. The normalized spacial score (nSPS) is 16.0. The first-order valence-corrected chi connectivity index (χ1v) is 9.40. The van der Waals surface area contributed by atoms with E-state index in [-0.39, 0.29) is 31.3 Å². The predicted octanol–water partition coefficient (Wildman–Crippen LogP) is 0.842. The van der Waals surface area contributed by atoms with E-state index in [1.54, 1.807) is 4.90 Å². The molecule has 0 spiro atoms. The van der Waals surface area contributed by atoms with Gasteiger partial charge >= 0.3 is 5.97 Å². The molecule has 8 heteroatoms. The van der Waals surface area contributed by atoms with Crippen LogP contribution >= 0.6 is 0 Å². The van der Waals surface area contributed by atoms with Crippen molar-refractivity contribution in [3.8, 4) is 0 Å². The molecule has 0 aromatic heterocycles. The fraction of sp³-hybridized carbons (Fsp3) is 0.500. The summed E-state index contributed by atoms with van der Waals surface area (Å²) in [5, 5.41) is 5.02.